The minimum Gasteiger partial charge on any atom is -0.389 e. The molecule has 0 aliphatic heterocycles. The number of nitrogens with zero attached hydrogens (tertiary/aromatic N) is 1. The summed E-state index contributed by atoms with van der Waals surface area (Å²) in [6.45, 7) is 1.36. The summed E-state index contributed by atoms with van der Waals surface area (Å²) in [6.07, 6.45) is -0.276. The van der Waals surface area contributed by atoms with E-state index in [0.717, 1.165) is 6.54 Å². The van der Waals surface area contributed by atoms with Crippen molar-refractivity contribution in [2.24, 2.45) is 0 Å². The van der Waals surface area contributed by atoms with Crippen LogP contribution in [0.5, 0.6) is 0 Å². The van der Waals surface area contributed by atoms with Gasteiger partial charge in [-0.25, -0.2) is 4.39 Å². The van der Waals surface area contributed by atoms with Gasteiger partial charge in [-0.05, 0) is 19.7 Å². The molecule has 1 N–H and O–H groups in total. The molecular formula is C17H21FN2O2. The molecule has 0 amide bonds. The van der Waals surface area contributed by atoms with E-state index in [4.69, 9.17) is 0 Å². The lowest BCUT2D eigenvalue weighted by molar-refractivity contribution is -0.128. The lowest BCUT2D eigenvalue weighted by atomic mass is 9.79. The Hall–Kier alpha value is -2.01. The molecule has 0 heterocycles. The Morgan fingerprint density at radius 3 is 2.59 bits per heavy atom. The Balaban J connectivity index is 2.08. The van der Waals surface area contributed by atoms with E-state index in [-0.39, 0.29) is 17.8 Å². The molecule has 118 valence electrons. The van der Waals surface area contributed by atoms with E-state index in [1.165, 1.54) is 6.20 Å². The highest BCUT2D eigenvalue weighted by molar-refractivity contribution is 6.23. The summed E-state index contributed by atoms with van der Waals surface area (Å²) >= 11 is 0. The number of hydrogen-bond donors (Lipinski definition) is 1. The average molecular weight is 304 g/mol. The lowest BCUT2D eigenvalue weighted by Crippen LogP contribution is -2.37. The van der Waals surface area contributed by atoms with Gasteiger partial charge in [0.25, 0.3) is 0 Å². The van der Waals surface area contributed by atoms with Crippen LogP contribution in [0.2, 0.25) is 0 Å². The van der Waals surface area contributed by atoms with E-state index in [2.05, 4.69) is 5.32 Å². The molecule has 1 aliphatic rings. The molecule has 0 aromatic heterocycles. The SMILES string of the molecule is CN(C)CCNC=C1C(=O)CC(c2ccccc2)C(F)C1=O. The van der Waals surface area contributed by atoms with Crippen LogP contribution in [0.25, 0.3) is 0 Å². The molecule has 2 atom stereocenters. The number of alkyl halides is 1. The molecule has 2 rings (SSSR count). The zero-order chi connectivity index (χ0) is 16.1. The van der Waals surface area contributed by atoms with Crippen molar-refractivity contribution in [2.45, 2.75) is 18.5 Å². The second kappa shape index (κ2) is 7.31. The number of hydrogen-bond acceptors (Lipinski definition) is 4. The van der Waals surface area contributed by atoms with Crippen LogP contribution in [-0.4, -0.2) is 49.8 Å². The Morgan fingerprint density at radius 2 is 1.95 bits per heavy atom. The van der Waals surface area contributed by atoms with Crippen LogP contribution in [0, 0.1) is 0 Å². The third-order valence-electron chi connectivity index (χ3n) is 3.75. The van der Waals surface area contributed by atoms with Crippen LogP contribution in [0.4, 0.5) is 4.39 Å². The maximum atomic E-state index is 14.4. The van der Waals surface area contributed by atoms with E-state index in [1.54, 1.807) is 24.3 Å². The quantitative estimate of drug-likeness (QED) is 0.511. The number of rotatable bonds is 5. The first-order valence-electron chi connectivity index (χ1n) is 7.35. The zero-order valence-electron chi connectivity index (χ0n) is 12.9. The maximum absolute atomic E-state index is 14.4. The van der Waals surface area contributed by atoms with Crippen molar-refractivity contribution in [3.05, 3.63) is 47.7 Å². The average Bonchev–Trinajstić information content (AvgIpc) is 2.50. The standard InChI is InChI=1S/C17H21FN2O2/c1-20(2)9-8-19-11-14-15(21)10-13(16(18)17(14)22)12-6-4-3-5-7-12/h3-7,11,13,16,19H,8-10H2,1-2H3. The highest BCUT2D eigenvalue weighted by Crippen LogP contribution is 2.33. The molecule has 0 spiro atoms. The Morgan fingerprint density at radius 1 is 1.27 bits per heavy atom. The first-order chi connectivity index (χ1) is 10.5. The van der Waals surface area contributed by atoms with Crippen LogP contribution >= 0.6 is 0 Å². The number of halogens is 1. The van der Waals surface area contributed by atoms with Crippen LogP contribution in [-0.2, 0) is 9.59 Å². The Labute approximate surface area is 130 Å². The van der Waals surface area contributed by atoms with Gasteiger partial charge in [0.1, 0.15) is 0 Å². The number of carbonyl (C=O) groups is 2. The predicted octanol–water partition coefficient (Wildman–Crippen LogP) is 1.69. The van der Waals surface area contributed by atoms with Crippen LogP contribution in [0.15, 0.2) is 42.1 Å². The maximum Gasteiger partial charge on any atom is 0.202 e. The van der Waals surface area contributed by atoms with Gasteiger partial charge in [0, 0.05) is 31.6 Å². The van der Waals surface area contributed by atoms with Crippen molar-refractivity contribution < 1.29 is 14.0 Å². The first-order valence-corrected chi connectivity index (χ1v) is 7.35. The van der Waals surface area contributed by atoms with Crippen LogP contribution in [0.3, 0.4) is 0 Å². The molecule has 1 aromatic rings. The summed E-state index contributed by atoms with van der Waals surface area (Å²) in [5.41, 5.74) is 0.634. The molecule has 0 saturated heterocycles. The van der Waals surface area contributed by atoms with Crippen molar-refractivity contribution in [3.63, 3.8) is 0 Å². The summed E-state index contributed by atoms with van der Waals surface area (Å²) in [7, 11) is 3.85. The minimum atomic E-state index is -1.66. The topological polar surface area (TPSA) is 49.4 Å². The predicted molar refractivity (Wildman–Crippen MR) is 83.3 cm³/mol. The van der Waals surface area contributed by atoms with Gasteiger partial charge >= 0.3 is 0 Å². The molecule has 1 aliphatic carbocycles. The number of Topliss-reactive ketones (excluding diaryl/α,β-unsaturated/α-hetero) is 2. The van der Waals surface area contributed by atoms with Gasteiger partial charge in [0.05, 0.1) is 5.57 Å². The highest BCUT2D eigenvalue weighted by atomic mass is 19.1. The molecule has 1 fully saturated rings. The third kappa shape index (κ3) is 3.80. The van der Waals surface area contributed by atoms with Gasteiger partial charge in [0.2, 0.25) is 5.78 Å². The Kier molecular flexibility index (Phi) is 5.44. The number of ketones is 2. The van der Waals surface area contributed by atoms with E-state index in [0.29, 0.717) is 12.1 Å². The molecular weight excluding hydrogens is 283 g/mol. The van der Waals surface area contributed by atoms with Gasteiger partial charge in [-0.1, -0.05) is 30.3 Å². The molecule has 1 saturated carbocycles. The lowest BCUT2D eigenvalue weighted by Gasteiger charge is -2.26. The number of likely N-dealkylation sites (N-methyl/N-ethyl adjacent to an activating group) is 1. The fourth-order valence-electron chi connectivity index (χ4n) is 2.48. The fraction of sp³-hybridized carbons (Fsp3) is 0.412. The fourth-order valence-corrected chi connectivity index (χ4v) is 2.48. The molecule has 0 bridgehead atoms. The van der Waals surface area contributed by atoms with Crippen molar-refractivity contribution in [1.82, 2.24) is 10.2 Å². The molecule has 4 nitrogen and oxygen atoms in total. The summed E-state index contributed by atoms with van der Waals surface area (Å²) < 4.78 is 14.4. The zero-order valence-corrected chi connectivity index (χ0v) is 12.9. The highest BCUT2D eigenvalue weighted by Gasteiger charge is 2.40. The van der Waals surface area contributed by atoms with Crippen molar-refractivity contribution in [1.29, 1.82) is 0 Å². The molecule has 0 radical (unpaired) electrons. The van der Waals surface area contributed by atoms with E-state index in [1.807, 2.05) is 25.1 Å². The molecule has 1 aromatic carbocycles. The van der Waals surface area contributed by atoms with Crippen LogP contribution in [0.1, 0.15) is 17.9 Å². The summed E-state index contributed by atoms with van der Waals surface area (Å²) in [5, 5.41) is 2.91. The number of allylic oxidation sites excluding steroid dienone is 1. The van der Waals surface area contributed by atoms with E-state index >= 15 is 0 Å². The van der Waals surface area contributed by atoms with E-state index in [9.17, 15) is 14.0 Å². The van der Waals surface area contributed by atoms with Gasteiger partial charge in [-0.3, -0.25) is 9.59 Å². The molecule has 5 heteroatoms. The van der Waals surface area contributed by atoms with Crippen molar-refractivity contribution in [2.75, 3.05) is 27.2 Å². The van der Waals surface area contributed by atoms with Crippen LogP contribution < -0.4 is 5.32 Å². The normalized spacial score (nSPS) is 24.1. The minimum absolute atomic E-state index is 0.0259. The first kappa shape index (κ1) is 16.4. The smallest absolute Gasteiger partial charge is 0.202 e. The molecule has 22 heavy (non-hydrogen) atoms. The third-order valence-corrected chi connectivity index (χ3v) is 3.75. The van der Waals surface area contributed by atoms with Crippen molar-refractivity contribution in [3.8, 4) is 0 Å². The largest absolute Gasteiger partial charge is 0.389 e. The van der Waals surface area contributed by atoms with Crippen molar-refractivity contribution >= 4 is 11.6 Å². The second-order valence-corrected chi connectivity index (χ2v) is 5.73. The van der Waals surface area contributed by atoms with E-state index < -0.39 is 17.9 Å². The molecule has 2 unspecified atom stereocenters. The second-order valence-electron chi connectivity index (χ2n) is 5.73. The van der Waals surface area contributed by atoms with Gasteiger partial charge < -0.3 is 10.2 Å². The van der Waals surface area contributed by atoms with Gasteiger partial charge in [0.15, 0.2) is 12.0 Å². The number of benzene rings is 1. The summed E-state index contributed by atoms with van der Waals surface area (Å²) in [6, 6.07) is 8.89. The van der Waals surface area contributed by atoms with Gasteiger partial charge in [-0.2, -0.15) is 0 Å². The Bertz CT molecular complexity index is 569. The number of carbonyl (C=O) groups excluding carboxylic acids is 2. The van der Waals surface area contributed by atoms with Gasteiger partial charge in [-0.15, -0.1) is 0 Å². The summed E-state index contributed by atoms with van der Waals surface area (Å²) in [5.74, 6) is -1.70. The monoisotopic (exact) mass is 304 g/mol. The number of nitrogens with one attached hydrogen (secondary N) is 1. The summed E-state index contributed by atoms with van der Waals surface area (Å²) in [4.78, 5) is 26.3.